The summed E-state index contributed by atoms with van der Waals surface area (Å²) in [4.78, 5) is 54.3. The number of carbonyl (C=O) groups is 3. The fraction of sp³-hybridized carbons (Fsp3) is 0.750. The Labute approximate surface area is 279 Å². The molecule has 0 unspecified atom stereocenters. The molecule has 4 saturated heterocycles. The van der Waals surface area contributed by atoms with E-state index in [-0.39, 0.29) is 41.6 Å². The highest BCUT2D eigenvalue weighted by molar-refractivity contribution is 6.30. The molecule has 6 fully saturated rings. The molecule has 9 nitrogen and oxygen atoms in total. The lowest BCUT2D eigenvalue weighted by atomic mass is 9.85. The van der Waals surface area contributed by atoms with Crippen LogP contribution in [-0.4, -0.2) is 132 Å². The fourth-order valence-electron chi connectivity index (χ4n) is 8.93. The van der Waals surface area contributed by atoms with E-state index in [9.17, 15) is 14.4 Å². The summed E-state index contributed by atoms with van der Waals surface area (Å²) in [7, 11) is 2.09. The molecule has 2 saturated carbocycles. The minimum absolute atomic E-state index is 0.0471. The summed E-state index contributed by atoms with van der Waals surface area (Å²) in [5.41, 5.74) is 1.13. The molecule has 1 aromatic carbocycles. The summed E-state index contributed by atoms with van der Waals surface area (Å²) in [5, 5.41) is 0.692. The summed E-state index contributed by atoms with van der Waals surface area (Å²) >= 11 is 6.27. The van der Waals surface area contributed by atoms with Gasteiger partial charge >= 0.3 is 0 Å². The van der Waals surface area contributed by atoms with E-state index in [1.54, 1.807) is 0 Å². The number of amides is 3. The second kappa shape index (κ2) is 13.7. The molecule has 5 atom stereocenters. The maximum atomic E-state index is 14.9. The second-order valence-corrected chi connectivity index (χ2v) is 15.6. The third-order valence-corrected chi connectivity index (χ3v) is 12.2. The van der Waals surface area contributed by atoms with Gasteiger partial charge in [-0.3, -0.25) is 19.3 Å². The molecule has 7 rings (SSSR count). The number of halogens is 1. The number of hydrogen-bond donors (Lipinski definition) is 0. The van der Waals surface area contributed by atoms with Crippen LogP contribution in [0, 0.1) is 11.8 Å². The maximum absolute atomic E-state index is 14.9. The van der Waals surface area contributed by atoms with Crippen LogP contribution in [-0.2, 0) is 19.1 Å². The maximum Gasteiger partial charge on any atom is 0.252 e. The first kappa shape index (κ1) is 32.4. The van der Waals surface area contributed by atoms with Gasteiger partial charge in [-0.15, -0.1) is 0 Å². The van der Waals surface area contributed by atoms with E-state index in [1.165, 1.54) is 12.8 Å². The van der Waals surface area contributed by atoms with Gasteiger partial charge in [0.25, 0.3) is 5.91 Å². The van der Waals surface area contributed by atoms with Crippen LogP contribution in [0.15, 0.2) is 24.3 Å². The van der Waals surface area contributed by atoms with Gasteiger partial charge in [-0.05, 0) is 88.4 Å². The molecule has 252 valence electrons. The molecule has 0 N–H and O–H groups in total. The first-order valence-electron chi connectivity index (χ1n) is 18.0. The van der Waals surface area contributed by atoms with Crippen LogP contribution in [0.3, 0.4) is 0 Å². The Bertz CT molecular complexity index is 1250. The Hall–Kier alpha value is -2.20. The molecule has 0 spiro atoms. The van der Waals surface area contributed by atoms with Crippen molar-refractivity contribution in [1.82, 2.24) is 24.5 Å². The van der Waals surface area contributed by atoms with E-state index in [1.807, 2.05) is 21.9 Å². The first-order chi connectivity index (χ1) is 22.3. The Morgan fingerprint density at radius 1 is 0.848 bits per heavy atom. The molecule has 6 aliphatic rings. The predicted octanol–water partition coefficient (Wildman–Crippen LogP) is 3.85. The summed E-state index contributed by atoms with van der Waals surface area (Å²) in [6.45, 7) is 7.90. The molecule has 0 radical (unpaired) electrons. The number of nitrogens with zero attached hydrogens (tertiary/aromatic N) is 5. The second-order valence-electron chi connectivity index (χ2n) is 15.1. The molecule has 4 aliphatic heterocycles. The molecule has 0 bridgehead atoms. The fourth-order valence-corrected chi connectivity index (χ4v) is 9.06. The van der Waals surface area contributed by atoms with Crippen molar-refractivity contribution in [2.24, 2.45) is 11.8 Å². The normalized spacial score (nSPS) is 34.3. The lowest BCUT2D eigenvalue weighted by Crippen LogP contribution is -2.54. The summed E-state index contributed by atoms with van der Waals surface area (Å²) in [6.07, 6.45) is 8.25. The SMILES string of the molecule is CN1CCN(C(=O)[C@H]2C[C@H](N(C(=O)[C@@H]3CCCO3)[C@H]3CC[C@@H](C)CC3)CN2C(=O)[C@@H]2CN(C3CC3)C[C@H]2c2ccc(Cl)cc2)CC1. The van der Waals surface area contributed by atoms with Crippen LogP contribution < -0.4 is 0 Å². The van der Waals surface area contributed by atoms with Crippen molar-refractivity contribution in [2.45, 2.75) is 101 Å². The van der Waals surface area contributed by atoms with Gasteiger partial charge in [-0.1, -0.05) is 30.7 Å². The number of piperazine rings is 1. The summed E-state index contributed by atoms with van der Waals surface area (Å²) in [6, 6.07) is 7.91. The number of benzene rings is 1. The van der Waals surface area contributed by atoms with Crippen LogP contribution in [0.4, 0.5) is 0 Å². The third kappa shape index (κ3) is 6.71. The predicted molar refractivity (Wildman–Crippen MR) is 178 cm³/mol. The lowest BCUT2D eigenvalue weighted by molar-refractivity contribution is -0.148. The molecule has 2 aliphatic carbocycles. The zero-order chi connectivity index (χ0) is 31.9. The van der Waals surface area contributed by atoms with Gasteiger partial charge in [0.05, 0.1) is 12.0 Å². The molecule has 4 heterocycles. The average molecular weight is 654 g/mol. The first-order valence-corrected chi connectivity index (χ1v) is 18.4. The minimum atomic E-state index is -0.552. The monoisotopic (exact) mass is 653 g/mol. The molecular formula is C36H52ClN5O4. The Kier molecular flexibility index (Phi) is 9.66. The van der Waals surface area contributed by atoms with E-state index < -0.39 is 12.1 Å². The number of rotatable bonds is 7. The minimum Gasteiger partial charge on any atom is -0.368 e. The van der Waals surface area contributed by atoms with Crippen molar-refractivity contribution >= 4 is 29.3 Å². The lowest BCUT2D eigenvalue weighted by Gasteiger charge is -2.41. The molecule has 3 amide bonds. The highest BCUT2D eigenvalue weighted by atomic mass is 35.5. The van der Waals surface area contributed by atoms with Gasteiger partial charge in [0.1, 0.15) is 12.1 Å². The van der Waals surface area contributed by atoms with Crippen LogP contribution in [0.1, 0.15) is 76.2 Å². The van der Waals surface area contributed by atoms with E-state index in [0.717, 1.165) is 63.7 Å². The van der Waals surface area contributed by atoms with E-state index in [2.05, 4.69) is 40.8 Å². The van der Waals surface area contributed by atoms with E-state index in [0.29, 0.717) is 56.2 Å². The number of carbonyl (C=O) groups excluding carboxylic acids is 3. The van der Waals surface area contributed by atoms with Gasteiger partial charge in [0, 0.05) is 75.4 Å². The molecule has 1 aromatic rings. The van der Waals surface area contributed by atoms with Crippen LogP contribution in [0.25, 0.3) is 0 Å². The summed E-state index contributed by atoms with van der Waals surface area (Å²) < 4.78 is 5.95. The van der Waals surface area contributed by atoms with Crippen molar-refractivity contribution in [3.05, 3.63) is 34.9 Å². The van der Waals surface area contributed by atoms with Gasteiger partial charge in [0.2, 0.25) is 11.8 Å². The molecule has 46 heavy (non-hydrogen) atoms. The standard InChI is InChI=1S/C36H52ClN5O4/c1-24-5-11-28(12-6-24)42(36(45)33-4-3-19-46-33)29-20-32(35(44)39-17-15-38(2)16-18-39)41(21-29)34(43)31-23-40(27-13-14-27)22-30(31)25-7-9-26(37)10-8-25/h7-10,24,27-33H,3-6,11-23H2,1-2H3/t24-,28+,29-,30-,31+,32+,33-/m0/s1. The van der Waals surface area contributed by atoms with Crippen molar-refractivity contribution < 1.29 is 19.1 Å². The third-order valence-electron chi connectivity index (χ3n) is 11.9. The van der Waals surface area contributed by atoms with E-state index in [4.69, 9.17) is 16.3 Å². The van der Waals surface area contributed by atoms with Gasteiger partial charge in [-0.25, -0.2) is 0 Å². The van der Waals surface area contributed by atoms with Gasteiger partial charge in [0.15, 0.2) is 0 Å². The Morgan fingerprint density at radius 2 is 1.57 bits per heavy atom. The Balaban J connectivity index is 1.19. The molecular weight excluding hydrogens is 602 g/mol. The zero-order valence-electron chi connectivity index (χ0n) is 27.7. The smallest absolute Gasteiger partial charge is 0.252 e. The van der Waals surface area contributed by atoms with Crippen LogP contribution in [0.5, 0.6) is 0 Å². The average Bonchev–Trinajstić information content (AvgIpc) is 3.42. The molecule has 10 heteroatoms. The number of hydrogen-bond acceptors (Lipinski definition) is 6. The number of likely N-dealkylation sites (N-methyl/N-ethyl adjacent to an activating group) is 1. The number of ether oxygens (including phenoxy) is 1. The van der Waals surface area contributed by atoms with Crippen molar-refractivity contribution in [3.8, 4) is 0 Å². The highest BCUT2D eigenvalue weighted by Crippen LogP contribution is 2.42. The van der Waals surface area contributed by atoms with Crippen molar-refractivity contribution in [2.75, 3.05) is 59.5 Å². The highest BCUT2D eigenvalue weighted by Gasteiger charge is 2.51. The van der Waals surface area contributed by atoms with Gasteiger partial charge in [-0.2, -0.15) is 0 Å². The van der Waals surface area contributed by atoms with Crippen LogP contribution in [0.2, 0.25) is 5.02 Å². The zero-order valence-corrected chi connectivity index (χ0v) is 28.5. The van der Waals surface area contributed by atoms with Crippen LogP contribution >= 0.6 is 11.6 Å². The van der Waals surface area contributed by atoms with Gasteiger partial charge < -0.3 is 24.3 Å². The Morgan fingerprint density at radius 3 is 2.22 bits per heavy atom. The summed E-state index contributed by atoms with van der Waals surface area (Å²) in [5.74, 6) is 0.660. The quantitative estimate of drug-likeness (QED) is 0.445. The molecule has 0 aromatic heterocycles. The van der Waals surface area contributed by atoms with Crippen molar-refractivity contribution in [3.63, 3.8) is 0 Å². The van der Waals surface area contributed by atoms with Crippen molar-refractivity contribution in [1.29, 1.82) is 0 Å². The topological polar surface area (TPSA) is 76.6 Å². The number of likely N-dealkylation sites (tertiary alicyclic amines) is 2. The largest absolute Gasteiger partial charge is 0.368 e. The van der Waals surface area contributed by atoms with E-state index >= 15 is 0 Å².